The number of nitriles is 1. The molecule has 2 N–H and O–H groups in total. The van der Waals surface area contributed by atoms with E-state index in [2.05, 4.69) is 11.4 Å². The molecule has 0 spiro atoms. The molecule has 5 heteroatoms. The van der Waals surface area contributed by atoms with Gasteiger partial charge in [0.15, 0.2) is 0 Å². The van der Waals surface area contributed by atoms with Crippen LogP contribution in [-0.4, -0.2) is 17.6 Å². The van der Waals surface area contributed by atoms with Gasteiger partial charge in [0.05, 0.1) is 22.7 Å². The number of hydrogen-bond donors (Lipinski definition) is 2. The number of nitrogens with one attached hydrogen (secondary N) is 1. The topological polar surface area (TPSA) is 73.1 Å². The minimum atomic E-state index is -0.770. The first-order chi connectivity index (χ1) is 9.06. The fourth-order valence-corrected chi connectivity index (χ4v) is 2.70. The first-order valence-corrected chi connectivity index (χ1v) is 6.58. The van der Waals surface area contributed by atoms with Crippen LogP contribution in [0.15, 0.2) is 18.2 Å². The lowest BCUT2D eigenvalue weighted by atomic mass is 9.66. The third kappa shape index (κ3) is 2.99. The summed E-state index contributed by atoms with van der Waals surface area (Å²) in [6.07, 6.45) is 3.06. The van der Waals surface area contributed by atoms with Gasteiger partial charge in [0.2, 0.25) is 0 Å². The number of carboxylic acid groups (broad SMARTS) is 1. The molecule has 4 nitrogen and oxygen atoms in total. The van der Waals surface area contributed by atoms with E-state index in [1.807, 2.05) is 0 Å². The van der Waals surface area contributed by atoms with Crippen LogP contribution in [0.5, 0.6) is 0 Å². The molecule has 0 unspecified atom stereocenters. The molecule has 2 rings (SSSR count). The van der Waals surface area contributed by atoms with Crippen molar-refractivity contribution >= 4 is 23.3 Å². The first kappa shape index (κ1) is 13.7. The van der Waals surface area contributed by atoms with E-state index in [9.17, 15) is 4.79 Å². The third-order valence-electron chi connectivity index (χ3n) is 3.72. The Labute approximate surface area is 117 Å². The number of aliphatic carboxylic acids is 1. The Kier molecular flexibility index (Phi) is 3.96. The Morgan fingerprint density at radius 2 is 2.26 bits per heavy atom. The van der Waals surface area contributed by atoms with Gasteiger partial charge in [-0.25, -0.2) is 0 Å². The number of rotatable bonds is 5. The summed E-state index contributed by atoms with van der Waals surface area (Å²) in [5.74, 6) is -0.770. The van der Waals surface area contributed by atoms with Gasteiger partial charge in [-0.15, -0.1) is 0 Å². The Morgan fingerprint density at radius 1 is 1.53 bits per heavy atom. The molecule has 0 aromatic heterocycles. The van der Waals surface area contributed by atoms with Gasteiger partial charge in [-0.05, 0) is 30.4 Å². The molecular formula is C14H15ClN2O2. The van der Waals surface area contributed by atoms with Crippen molar-refractivity contribution in [2.45, 2.75) is 25.7 Å². The molecule has 0 bridgehead atoms. The number of hydrogen-bond acceptors (Lipinski definition) is 3. The molecule has 1 aromatic carbocycles. The maximum absolute atomic E-state index is 10.9. The highest BCUT2D eigenvalue weighted by Crippen LogP contribution is 2.44. The molecule has 100 valence electrons. The lowest BCUT2D eigenvalue weighted by Gasteiger charge is -2.41. The minimum absolute atomic E-state index is 0.169. The van der Waals surface area contributed by atoms with Gasteiger partial charge in [-0.3, -0.25) is 4.79 Å². The molecule has 1 aromatic rings. The molecule has 0 heterocycles. The predicted molar refractivity (Wildman–Crippen MR) is 73.2 cm³/mol. The van der Waals surface area contributed by atoms with Crippen LogP contribution < -0.4 is 5.32 Å². The van der Waals surface area contributed by atoms with Gasteiger partial charge in [-0.1, -0.05) is 24.1 Å². The van der Waals surface area contributed by atoms with E-state index in [4.69, 9.17) is 22.0 Å². The number of carboxylic acids is 1. The Hall–Kier alpha value is -1.73. The van der Waals surface area contributed by atoms with E-state index >= 15 is 0 Å². The zero-order valence-corrected chi connectivity index (χ0v) is 11.2. The lowest BCUT2D eigenvalue weighted by molar-refractivity contribution is -0.141. The fraction of sp³-hybridized carbons (Fsp3) is 0.429. The summed E-state index contributed by atoms with van der Waals surface area (Å²) in [6, 6.07) is 7.30. The summed E-state index contributed by atoms with van der Waals surface area (Å²) in [7, 11) is 0. The minimum Gasteiger partial charge on any atom is -0.481 e. The Morgan fingerprint density at radius 3 is 2.79 bits per heavy atom. The van der Waals surface area contributed by atoms with Crippen molar-refractivity contribution in [3.05, 3.63) is 28.8 Å². The lowest BCUT2D eigenvalue weighted by Crippen LogP contribution is -2.38. The van der Waals surface area contributed by atoms with Crippen molar-refractivity contribution < 1.29 is 9.90 Å². The molecular weight excluding hydrogens is 264 g/mol. The second-order valence-electron chi connectivity index (χ2n) is 5.05. The van der Waals surface area contributed by atoms with Crippen LogP contribution in [0.1, 0.15) is 31.2 Å². The maximum Gasteiger partial charge on any atom is 0.303 e. The van der Waals surface area contributed by atoms with Crippen LogP contribution in [0.2, 0.25) is 5.02 Å². The SMILES string of the molecule is N#Cc1c(Cl)cccc1NCC1(CC(=O)O)CCC1. The summed E-state index contributed by atoms with van der Waals surface area (Å²) in [4.78, 5) is 10.9. The predicted octanol–water partition coefficient (Wildman–Crippen LogP) is 3.27. The van der Waals surface area contributed by atoms with E-state index in [0.717, 1.165) is 19.3 Å². The highest BCUT2D eigenvalue weighted by Gasteiger charge is 2.38. The molecule has 19 heavy (non-hydrogen) atoms. The number of halogens is 1. The Bertz CT molecular complexity index is 533. The summed E-state index contributed by atoms with van der Waals surface area (Å²) < 4.78 is 0. The number of anilines is 1. The van der Waals surface area contributed by atoms with E-state index in [1.54, 1.807) is 18.2 Å². The second-order valence-corrected chi connectivity index (χ2v) is 5.46. The van der Waals surface area contributed by atoms with Crippen LogP contribution >= 0.6 is 11.6 Å². The van der Waals surface area contributed by atoms with Crippen molar-refractivity contribution in [2.75, 3.05) is 11.9 Å². The number of benzene rings is 1. The van der Waals surface area contributed by atoms with Gasteiger partial charge >= 0.3 is 5.97 Å². The van der Waals surface area contributed by atoms with Crippen molar-refractivity contribution in [3.63, 3.8) is 0 Å². The Balaban J connectivity index is 2.08. The van der Waals surface area contributed by atoms with Gasteiger partial charge < -0.3 is 10.4 Å². The van der Waals surface area contributed by atoms with Crippen molar-refractivity contribution in [1.29, 1.82) is 5.26 Å². The molecule has 1 saturated carbocycles. The second kappa shape index (κ2) is 5.50. The molecule has 0 atom stereocenters. The van der Waals surface area contributed by atoms with Gasteiger partial charge in [0.25, 0.3) is 0 Å². The summed E-state index contributed by atoms with van der Waals surface area (Å²) in [5.41, 5.74) is 0.904. The average molecular weight is 279 g/mol. The standard InChI is InChI=1S/C14H15ClN2O2/c15-11-3-1-4-12(10(11)8-16)17-9-14(5-2-6-14)7-13(18)19/h1,3-4,17H,2,5-7,9H2,(H,18,19). The number of carbonyl (C=O) groups is 1. The molecule has 0 aliphatic heterocycles. The van der Waals surface area contributed by atoms with Gasteiger partial charge in [0, 0.05) is 6.54 Å². The zero-order chi connectivity index (χ0) is 13.9. The molecule has 1 aliphatic carbocycles. The highest BCUT2D eigenvalue weighted by molar-refractivity contribution is 6.32. The fourth-order valence-electron chi connectivity index (χ4n) is 2.48. The zero-order valence-electron chi connectivity index (χ0n) is 10.4. The van der Waals surface area contributed by atoms with Crippen LogP contribution in [0.3, 0.4) is 0 Å². The summed E-state index contributed by atoms with van der Waals surface area (Å²) >= 11 is 5.96. The molecule has 1 fully saturated rings. The van der Waals surface area contributed by atoms with Crippen molar-refractivity contribution in [3.8, 4) is 6.07 Å². The highest BCUT2D eigenvalue weighted by atomic mass is 35.5. The first-order valence-electron chi connectivity index (χ1n) is 6.21. The van der Waals surface area contributed by atoms with E-state index < -0.39 is 5.97 Å². The van der Waals surface area contributed by atoms with Crippen molar-refractivity contribution in [1.82, 2.24) is 0 Å². The van der Waals surface area contributed by atoms with Crippen LogP contribution in [0.25, 0.3) is 0 Å². The van der Waals surface area contributed by atoms with Crippen molar-refractivity contribution in [2.24, 2.45) is 5.41 Å². The molecule has 0 radical (unpaired) electrons. The van der Waals surface area contributed by atoms with E-state index in [0.29, 0.717) is 22.8 Å². The summed E-state index contributed by atoms with van der Waals surface area (Å²) in [5, 5.41) is 21.6. The monoisotopic (exact) mass is 278 g/mol. The van der Waals surface area contributed by atoms with E-state index in [1.165, 1.54) is 0 Å². The molecule has 1 aliphatic rings. The summed E-state index contributed by atoms with van der Waals surface area (Å²) in [6.45, 7) is 0.564. The average Bonchev–Trinajstić information content (AvgIpc) is 2.32. The largest absolute Gasteiger partial charge is 0.481 e. The smallest absolute Gasteiger partial charge is 0.303 e. The maximum atomic E-state index is 10.9. The third-order valence-corrected chi connectivity index (χ3v) is 4.03. The van der Waals surface area contributed by atoms with Crippen LogP contribution in [0.4, 0.5) is 5.69 Å². The van der Waals surface area contributed by atoms with Crippen LogP contribution in [0, 0.1) is 16.7 Å². The van der Waals surface area contributed by atoms with E-state index in [-0.39, 0.29) is 11.8 Å². The molecule has 0 amide bonds. The van der Waals surface area contributed by atoms with Crippen LogP contribution in [-0.2, 0) is 4.79 Å². The molecule has 0 saturated heterocycles. The number of nitrogens with zero attached hydrogens (tertiary/aromatic N) is 1. The van der Waals surface area contributed by atoms with Gasteiger partial charge in [-0.2, -0.15) is 5.26 Å². The quantitative estimate of drug-likeness (QED) is 0.867. The van der Waals surface area contributed by atoms with Gasteiger partial charge in [0.1, 0.15) is 6.07 Å². The normalized spacial score (nSPS) is 16.2.